The van der Waals surface area contributed by atoms with Gasteiger partial charge in [-0.15, -0.1) is 0 Å². The Kier molecular flexibility index (Phi) is 5.70. The van der Waals surface area contributed by atoms with Gasteiger partial charge in [-0.2, -0.15) is 0 Å². The molecule has 1 unspecified atom stereocenters. The van der Waals surface area contributed by atoms with Crippen molar-refractivity contribution in [2.75, 3.05) is 42.7 Å². The van der Waals surface area contributed by atoms with Crippen LogP contribution in [0.1, 0.15) is 41.4 Å². The Morgan fingerprint density at radius 2 is 1.84 bits per heavy atom. The molecule has 0 spiro atoms. The molecule has 166 valence electrons. The molecule has 4 rings (SSSR count). The average molecular weight is 443 g/mol. The molecule has 2 aromatic rings. The molecule has 0 bridgehead atoms. The van der Waals surface area contributed by atoms with E-state index < -0.39 is 15.9 Å². The molecule has 2 heterocycles. The van der Waals surface area contributed by atoms with Crippen LogP contribution in [0.15, 0.2) is 42.5 Å². The van der Waals surface area contributed by atoms with Gasteiger partial charge in [-0.25, -0.2) is 13.1 Å². The Morgan fingerprint density at radius 3 is 2.55 bits per heavy atom. The first-order valence-corrected chi connectivity index (χ1v) is 12.5. The zero-order valence-electron chi connectivity index (χ0n) is 18.2. The van der Waals surface area contributed by atoms with Crippen LogP contribution in [0.25, 0.3) is 0 Å². The Bertz CT molecular complexity index is 1090. The van der Waals surface area contributed by atoms with E-state index in [1.165, 1.54) is 5.69 Å². The minimum atomic E-state index is -3.64. The molecule has 2 aliphatic rings. The highest BCUT2D eigenvalue weighted by molar-refractivity contribution is 7.89. The van der Waals surface area contributed by atoms with E-state index in [0.29, 0.717) is 11.3 Å². The fraction of sp³-hybridized carbons (Fsp3) is 0.435. The largest absolute Gasteiger partial charge is 0.377 e. The first-order valence-electron chi connectivity index (χ1n) is 10.6. The van der Waals surface area contributed by atoms with Gasteiger partial charge < -0.3 is 15.5 Å². The van der Waals surface area contributed by atoms with Crippen molar-refractivity contribution in [1.29, 1.82) is 0 Å². The van der Waals surface area contributed by atoms with Crippen molar-refractivity contribution in [3.63, 3.8) is 0 Å². The van der Waals surface area contributed by atoms with Crippen LogP contribution in [0.2, 0.25) is 0 Å². The Morgan fingerprint density at radius 1 is 1.13 bits per heavy atom. The summed E-state index contributed by atoms with van der Waals surface area (Å²) in [6.07, 6.45) is 1.76. The van der Waals surface area contributed by atoms with E-state index in [2.05, 4.69) is 58.4 Å². The molecule has 0 saturated carbocycles. The number of amides is 1. The Hall–Kier alpha value is -2.58. The molecule has 1 atom stereocenters. The van der Waals surface area contributed by atoms with E-state index in [1.54, 1.807) is 12.1 Å². The van der Waals surface area contributed by atoms with Gasteiger partial charge in [-0.1, -0.05) is 38.1 Å². The number of benzene rings is 2. The lowest BCUT2D eigenvalue weighted by atomic mass is 9.72. The Labute approximate surface area is 184 Å². The van der Waals surface area contributed by atoms with Gasteiger partial charge in [-0.3, -0.25) is 4.79 Å². The fourth-order valence-corrected chi connectivity index (χ4v) is 5.07. The molecule has 0 radical (unpaired) electrons. The zero-order valence-corrected chi connectivity index (χ0v) is 19.1. The van der Waals surface area contributed by atoms with E-state index in [1.807, 2.05) is 6.07 Å². The molecule has 2 aliphatic heterocycles. The van der Waals surface area contributed by atoms with Gasteiger partial charge in [0.2, 0.25) is 10.0 Å². The van der Waals surface area contributed by atoms with Crippen LogP contribution >= 0.6 is 0 Å². The summed E-state index contributed by atoms with van der Waals surface area (Å²) < 4.78 is 25.3. The van der Waals surface area contributed by atoms with Gasteiger partial charge in [-0.05, 0) is 41.2 Å². The number of carbonyl (C=O) groups excluding carboxylic acids is 1. The van der Waals surface area contributed by atoms with Crippen LogP contribution in [0.3, 0.4) is 0 Å². The SMILES string of the molecule is CC1(C)Cc2cccc(C(=O)NS(C)(=O)=O)c2NC1c1cccc(N2CCNCC2)c1. The topological polar surface area (TPSA) is 90.5 Å². The lowest BCUT2D eigenvalue weighted by Gasteiger charge is -2.42. The van der Waals surface area contributed by atoms with Gasteiger partial charge >= 0.3 is 0 Å². The molecular formula is C23H30N4O3S. The number of anilines is 2. The highest BCUT2D eigenvalue weighted by Crippen LogP contribution is 2.46. The molecule has 31 heavy (non-hydrogen) atoms. The van der Waals surface area contributed by atoms with Gasteiger partial charge in [0.05, 0.1) is 23.5 Å². The van der Waals surface area contributed by atoms with Gasteiger partial charge in [0.15, 0.2) is 0 Å². The number of nitrogens with one attached hydrogen (secondary N) is 3. The number of carbonyl (C=O) groups is 1. The van der Waals surface area contributed by atoms with Crippen LogP contribution < -0.4 is 20.3 Å². The normalized spacial score (nSPS) is 20.5. The summed E-state index contributed by atoms with van der Waals surface area (Å²) in [6.45, 7) is 8.34. The van der Waals surface area contributed by atoms with Gasteiger partial charge in [0, 0.05) is 31.9 Å². The highest BCUT2D eigenvalue weighted by atomic mass is 32.2. The van der Waals surface area contributed by atoms with Gasteiger partial charge in [0.25, 0.3) is 5.91 Å². The predicted molar refractivity (Wildman–Crippen MR) is 124 cm³/mol. The number of nitrogens with zero attached hydrogens (tertiary/aromatic N) is 1. The summed E-state index contributed by atoms with van der Waals surface area (Å²) in [5, 5.41) is 6.97. The van der Waals surface area contributed by atoms with E-state index in [0.717, 1.165) is 50.0 Å². The quantitative estimate of drug-likeness (QED) is 0.674. The molecular weight excluding hydrogens is 412 g/mol. The third-order valence-electron chi connectivity index (χ3n) is 6.08. The van der Waals surface area contributed by atoms with E-state index in [-0.39, 0.29) is 11.5 Å². The maximum Gasteiger partial charge on any atom is 0.266 e. The number of fused-ring (bicyclic) bond motifs is 1. The minimum Gasteiger partial charge on any atom is -0.377 e. The molecule has 1 fully saturated rings. The maximum absolute atomic E-state index is 12.7. The summed E-state index contributed by atoms with van der Waals surface area (Å²) >= 11 is 0. The molecule has 0 aliphatic carbocycles. The number of sulfonamides is 1. The lowest BCUT2D eigenvalue weighted by molar-refractivity contribution is 0.0982. The second-order valence-electron chi connectivity index (χ2n) is 9.12. The molecule has 1 amide bonds. The van der Waals surface area contributed by atoms with Gasteiger partial charge in [0.1, 0.15) is 0 Å². The van der Waals surface area contributed by atoms with E-state index in [4.69, 9.17) is 0 Å². The Balaban J connectivity index is 1.69. The highest BCUT2D eigenvalue weighted by Gasteiger charge is 2.37. The summed E-state index contributed by atoms with van der Waals surface area (Å²) in [5.74, 6) is -0.611. The summed E-state index contributed by atoms with van der Waals surface area (Å²) in [4.78, 5) is 15.0. The smallest absolute Gasteiger partial charge is 0.266 e. The molecule has 0 aromatic heterocycles. The van der Waals surface area contributed by atoms with Crippen molar-refractivity contribution >= 4 is 27.3 Å². The number of piperazine rings is 1. The summed E-state index contributed by atoms with van der Waals surface area (Å²) in [6, 6.07) is 14.0. The number of hydrogen-bond donors (Lipinski definition) is 3. The van der Waals surface area contributed by atoms with Crippen LogP contribution in [0, 0.1) is 5.41 Å². The van der Waals surface area contributed by atoms with Crippen LogP contribution in [-0.4, -0.2) is 46.8 Å². The minimum absolute atomic E-state index is 0.0185. The zero-order chi connectivity index (χ0) is 22.2. The molecule has 3 N–H and O–H groups in total. The van der Waals surface area contributed by atoms with Crippen molar-refractivity contribution in [3.8, 4) is 0 Å². The standard InChI is InChI=1S/C23H30N4O3S/c1-23(2)15-17-7-5-9-19(22(28)26-31(3,29)30)20(17)25-21(23)16-6-4-8-18(14-16)27-12-10-24-11-13-27/h4-9,14,21,24-25H,10-13,15H2,1-3H3,(H,26,28). The van der Waals surface area contributed by atoms with Crippen LogP contribution in [-0.2, 0) is 16.4 Å². The third kappa shape index (κ3) is 4.70. The molecule has 1 saturated heterocycles. The summed E-state index contributed by atoms with van der Waals surface area (Å²) in [5.41, 5.74) is 4.33. The second kappa shape index (κ2) is 8.16. The monoisotopic (exact) mass is 442 g/mol. The van der Waals surface area contributed by atoms with Crippen LogP contribution in [0.5, 0.6) is 0 Å². The van der Waals surface area contributed by atoms with Crippen molar-refractivity contribution in [1.82, 2.24) is 10.0 Å². The first kappa shape index (κ1) is 21.6. The maximum atomic E-state index is 12.7. The fourth-order valence-electron chi connectivity index (χ4n) is 4.62. The van der Waals surface area contributed by atoms with E-state index >= 15 is 0 Å². The number of para-hydroxylation sites is 1. The average Bonchev–Trinajstić information content (AvgIpc) is 2.71. The number of hydrogen-bond acceptors (Lipinski definition) is 6. The van der Waals surface area contributed by atoms with Crippen molar-refractivity contribution in [3.05, 3.63) is 59.2 Å². The van der Waals surface area contributed by atoms with Crippen molar-refractivity contribution in [2.45, 2.75) is 26.3 Å². The first-order chi connectivity index (χ1) is 14.6. The lowest BCUT2D eigenvalue weighted by Crippen LogP contribution is -2.43. The molecule has 7 nitrogen and oxygen atoms in total. The number of rotatable bonds is 4. The van der Waals surface area contributed by atoms with Crippen LogP contribution in [0.4, 0.5) is 11.4 Å². The van der Waals surface area contributed by atoms with Crippen molar-refractivity contribution in [2.24, 2.45) is 5.41 Å². The third-order valence-corrected chi connectivity index (χ3v) is 6.63. The predicted octanol–water partition coefficient (Wildman–Crippen LogP) is 2.52. The molecule has 8 heteroatoms. The molecule has 2 aromatic carbocycles. The second-order valence-corrected chi connectivity index (χ2v) is 10.9. The van der Waals surface area contributed by atoms with E-state index in [9.17, 15) is 13.2 Å². The summed E-state index contributed by atoms with van der Waals surface area (Å²) in [7, 11) is -3.64. The van der Waals surface area contributed by atoms with Crippen molar-refractivity contribution < 1.29 is 13.2 Å².